The number of anilines is 1. The minimum atomic E-state index is 0.288. The molecule has 4 heteroatoms. The van der Waals surface area contributed by atoms with Crippen LogP contribution in [0.15, 0.2) is 23.1 Å². The number of benzene rings is 1. The average molecular weight is 197 g/mol. The molecule has 0 unspecified atom stereocenters. The molecule has 0 bridgehead atoms. The summed E-state index contributed by atoms with van der Waals surface area (Å²) < 4.78 is 0.922. The molecule has 0 atom stereocenters. The molecule has 0 saturated carbocycles. The molecule has 0 amide bonds. The molecule has 0 aliphatic heterocycles. The standard InChI is InChI=1S/C8H7NOS2/c9-6-3-5(11)1-4-2-7(10)12-8(4)6/h1-3,10-11H,9H2. The van der Waals surface area contributed by atoms with Crippen molar-refractivity contribution in [1.29, 1.82) is 0 Å². The van der Waals surface area contributed by atoms with E-state index in [0.29, 0.717) is 5.69 Å². The maximum Gasteiger partial charge on any atom is 0.172 e. The maximum absolute atomic E-state index is 9.21. The molecule has 2 nitrogen and oxygen atoms in total. The number of nitrogens with two attached hydrogens (primary N) is 1. The average Bonchev–Trinajstić information content (AvgIpc) is 2.29. The second-order valence-electron chi connectivity index (χ2n) is 2.54. The molecule has 2 aromatic rings. The number of hydrogen-bond acceptors (Lipinski definition) is 4. The van der Waals surface area contributed by atoms with Crippen LogP contribution in [0.25, 0.3) is 10.1 Å². The molecule has 0 radical (unpaired) electrons. The molecular formula is C8H7NOS2. The fourth-order valence-electron chi connectivity index (χ4n) is 1.15. The highest BCUT2D eigenvalue weighted by atomic mass is 32.1. The summed E-state index contributed by atoms with van der Waals surface area (Å²) in [4.78, 5) is 0.817. The quantitative estimate of drug-likeness (QED) is 0.449. The van der Waals surface area contributed by atoms with Crippen LogP contribution in [-0.2, 0) is 0 Å². The summed E-state index contributed by atoms with van der Waals surface area (Å²) in [6, 6.07) is 5.35. The van der Waals surface area contributed by atoms with Crippen LogP contribution < -0.4 is 5.73 Å². The summed E-state index contributed by atoms with van der Waals surface area (Å²) in [5.41, 5.74) is 6.39. The molecule has 1 aromatic heterocycles. The van der Waals surface area contributed by atoms with Crippen molar-refractivity contribution >= 4 is 39.7 Å². The van der Waals surface area contributed by atoms with E-state index in [9.17, 15) is 5.11 Å². The smallest absolute Gasteiger partial charge is 0.172 e. The molecule has 0 aliphatic rings. The highest BCUT2D eigenvalue weighted by molar-refractivity contribution is 7.80. The number of hydrogen-bond donors (Lipinski definition) is 3. The Balaban J connectivity index is 2.88. The zero-order valence-electron chi connectivity index (χ0n) is 6.11. The van der Waals surface area contributed by atoms with E-state index in [1.165, 1.54) is 11.3 Å². The molecular weight excluding hydrogens is 190 g/mol. The number of thiophene rings is 1. The van der Waals surface area contributed by atoms with Crippen LogP contribution in [0, 0.1) is 0 Å². The lowest BCUT2D eigenvalue weighted by molar-refractivity contribution is 0.491. The van der Waals surface area contributed by atoms with E-state index < -0.39 is 0 Å². The number of rotatable bonds is 0. The summed E-state index contributed by atoms with van der Waals surface area (Å²) in [7, 11) is 0. The third kappa shape index (κ3) is 1.13. The summed E-state index contributed by atoms with van der Waals surface area (Å²) in [6.07, 6.45) is 0. The third-order valence-electron chi connectivity index (χ3n) is 1.62. The van der Waals surface area contributed by atoms with Crippen molar-refractivity contribution in [3.8, 4) is 5.06 Å². The minimum Gasteiger partial charge on any atom is -0.499 e. The highest BCUT2D eigenvalue weighted by Gasteiger charge is 2.04. The zero-order valence-corrected chi connectivity index (χ0v) is 7.82. The maximum atomic E-state index is 9.21. The molecule has 12 heavy (non-hydrogen) atoms. The second-order valence-corrected chi connectivity index (χ2v) is 4.09. The second kappa shape index (κ2) is 2.57. The van der Waals surface area contributed by atoms with Gasteiger partial charge in [0.05, 0.1) is 10.4 Å². The van der Waals surface area contributed by atoms with Crippen molar-refractivity contribution in [3.63, 3.8) is 0 Å². The van der Waals surface area contributed by atoms with Gasteiger partial charge >= 0.3 is 0 Å². The molecule has 1 heterocycles. The Labute approximate surface area is 79.0 Å². The van der Waals surface area contributed by atoms with Crippen LogP contribution in [0.1, 0.15) is 0 Å². The van der Waals surface area contributed by atoms with Gasteiger partial charge in [-0.1, -0.05) is 11.3 Å². The molecule has 0 spiro atoms. The Morgan fingerprint density at radius 2 is 2.08 bits per heavy atom. The summed E-state index contributed by atoms with van der Waals surface area (Å²) in [6.45, 7) is 0. The minimum absolute atomic E-state index is 0.288. The van der Waals surface area contributed by atoms with E-state index in [2.05, 4.69) is 12.6 Å². The topological polar surface area (TPSA) is 46.2 Å². The first-order valence-electron chi connectivity index (χ1n) is 3.38. The normalized spacial score (nSPS) is 10.8. The molecule has 0 saturated heterocycles. The molecule has 0 aliphatic carbocycles. The number of aromatic hydroxyl groups is 1. The van der Waals surface area contributed by atoms with Crippen molar-refractivity contribution in [2.24, 2.45) is 0 Å². The van der Waals surface area contributed by atoms with Crippen molar-refractivity contribution in [2.75, 3.05) is 5.73 Å². The van der Waals surface area contributed by atoms with Gasteiger partial charge in [0.25, 0.3) is 0 Å². The van der Waals surface area contributed by atoms with E-state index in [0.717, 1.165) is 15.0 Å². The summed E-state index contributed by atoms with van der Waals surface area (Å²) in [5.74, 6) is 0. The first-order valence-corrected chi connectivity index (χ1v) is 4.64. The van der Waals surface area contributed by atoms with E-state index in [4.69, 9.17) is 5.73 Å². The molecule has 2 rings (SSSR count). The van der Waals surface area contributed by atoms with Crippen LogP contribution in [0.5, 0.6) is 5.06 Å². The van der Waals surface area contributed by atoms with Crippen molar-refractivity contribution in [2.45, 2.75) is 4.90 Å². The monoisotopic (exact) mass is 197 g/mol. The van der Waals surface area contributed by atoms with Crippen molar-refractivity contribution in [3.05, 3.63) is 18.2 Å². The molecule has 62 valence electrons. The van der Waals surface area contributed by atoms with Gasteiger partial charge < -0.3 is 10.8 Å². The van der Waals surface area contributed by atoms with E-state index in [-0.39, 0.29) is 5.06 Å². The van der Waals surface area contributed by atoms with E-state index in [1.807, 2.05) is 6.07 Å². The Hall–Kier alpha value is -0.870. The van der Waals surface area contributed by atoms with Crippen molar-refractivity contribution < 1.29 is 5.11 Å². The van der Waals surface area contributed by atoms with Gasteiger partial charge in [-0.05, 0) is 23.6 Å². The Morgan fingerprint density at radius 1 is 1.33 bits per heavy atom. The van der Waals surface area contributed by atoms with Crippen LogP contribution in [0.3, 0.4) is 0 Å². The summed E-state index contributed by atoms with van der Waals surface area (Å²) in [5, 5.41) is 10.4. The van der Waals surface area contributed by atoms with Crippen LogP contribution >= 0.6 is 24.0 Å². The van der Waals surface area contributed by atoms with E-state index >= 15 is 0 Å². The predicted octanol–water partition coefficient (Wildman–Crippen LogP) is 2.48. The number of thiol groups is 1. The van der Waals surface area contributed by atoms with Gasteiger partial charge in [0, 0.05) is 4.90 Å². The fraction of sp³-hybridized carbons (Fsp3) is 0. The van der Waals surface area contributed by atoms with Gasteiger partial charge in [-0.2, -0.15) is 0 Å². The highest BCUT2D eigenvalue weighted by Crippen LogP contribution is 2.35. The molecule has 1 aromatic carbocycles. The van der Waals surface area contributed by atoms with Crippen LogP contribution in [0.2, 0.25) is 0 Å². The van der Waals surface area contributed by atoms with Gasteiger partial charge in [0.15, 0.2) is 5.06 Å². The molecule has 0 fully saturated rings. The Morgan fingerprint density at radius 3 is 2.83 bits per heavy atom. The lowest BCUT2D eigenvalue weighted by atomic mass is 10.2. The fourth-order valence-corrected chi connectivity index (χ4v) is 2.24. The van der Waals surface area contributed by atoms with Gasteiger partial charge in [0.1, 0.15) is 0 Å². The number of fused-ring (bicyclic) bond motifs is 1. The van der Waals surface area contributed by atoms with Gasteiger partial charge in [0.2, 0.25) is 0 Å². The molecule has 3 N–H and O–H groups in total. The van der Waals surface area contributed by atoms with E-state index in [1.54, 1.807) is 12.1 Å². The van der Waals surface area contributed by atoms with Crippen LogP contribution in [0.4, 0.5) is 5.69 Å². The lowest BCUT2D eigenvalue weighted by Crippen LogP contribution is -1.83. The first kappa shape index (κ1) is 7.76. The van der Waals surface area contributed by atoms with Gasteiger partial charge in [-0.25, -0.2) is 0 Å². The predicted molar refractivity (Wildman–Crippen MR) is 55.2 cm³/mol. The SMILES string of the molecule is Nc1cc(S)cc2cc(O)sc12. The van der Waals surface area contributed by atoms with Gasteiger partial charge in [-0.3, -0.25) is 0 Å². The summed E-state index contributed by atoms with van der Waals surface area (Å²) >= 11 is 5.47. The first-order chi connectivity index (χ1) is 5.66. The number of nitrogen functional groups attached to an aromatic ring is 1. The Bertz CT molecular complexity index is 436. The zero-order chi connectivity index (χ0) is 8.72. The largest absolute Gasteiger partial charge is 0.499 e. The third-order valence-corrected chi connectivity index (χ3v) is 2.88. The van der Waals surface area contributed by atoms with Gasteiger partial charge in [-0.15, -0.1) is 12.6 Å². The van der Waals surface area contributed by atoms with Crippen molar-refractivity contribution in [1.82, 2.24) is 0 Å². The van der Waals surface area contributed by atoms with Crippen LogP contribution in [-0.4, -0.2) is 5.11 Å². The lowest BCUT2D eigenvalue weighted by Gasteiger charge is -1.96. The Kier molecular flexibility index (Phi) is 1.66.